The van der Waals surface area contributed by atoms with Crippen molar-refractivity contribution in [3.05, 3.63) is 29.8 Å². The fourth-order valence-corrected chi connectivity index (χ4v) is 2.38. The molecule has 1 aliphatic carbocycles. The monoisotopic (exact) mass is 234 g/mol. The number of aliphatic hydroxyl groups is 1. The van der Waals surface area contributed by atoms with Gasteiger partial charge in [-0.25, -0.2) is 0 Å². The molecule has 1 aliphatic rings. The zero-order valence-electron chi connectivity index (χ0n) is 10.1. The van der Waals surface area contributed by atoms with Crippen LogP contribution in [0.1, 0.15) is 37.4 Å². The van der Waals surface area contributed by atoms with E-state index < -0.39 is 6.10 Å². The molecule has 0 aliphatic heterocycles. The molecule has 1 atom stereocenters. The van der Waals surface area contributed by atoms with E-state index in [-0.39, 0.29) is 11.7 Å². The van der Waals surface area contributed by atoms with Gasteiger partial charge in [0.25, 0.3) is 0 Å². The van der Waals surface area contributed by atoms with Crippen molar-refractivity contribution in [3.8, 4) is 5.75 Å². The summed E-state index contributed by atoms with van der Waals surface area (Å²) in [5.41, 5.74) is 0.655. The molecule has 0 spiro atoms. The van der Waals surface area contributed by atoms with E-state index in [9.17, 15) is 9.90 Å². The van der Waals surface area contributed by atoms with Crippen LogP contribution in [0, 0.1) is 5.92 Å². The first-order chi connectivity index (χ1) is 8.22. The molecule has 1 aromatic carbocycles. The number of carbonyl (C=O) groups excluding carboxylic acids is 1. The second kappa shape index (κ2) is 5.32. The van der Waals surface area contributed by atoms with Crippen molar-refractivity contribution in [1.29, 1.82) is 0 Å². The Hall–Kier alpha value is -1.35. The van der Waals surface area contributed by atoms with Crippen LogP contribution in [0.15, 0.2) is 24.3 Å². The van der Waals surface area contributed by atoms with Gasteiger partial charge in [0.15, 0.2) is 5.78 Å². The molecule has 1 N–H and O–H groups in total. The lowest BCUT2D eigenvalue weighted by Gasteiger charge is -2.14. The molecular weight excluding hydrogens is 216 g/mol. The third kappa shape index (κ3) is 2.67. The number of benzene rings is 1. The van der Waals surface area contributed by atoms with Gasteiger partial charge in [0.05, 0.1) is 7.11 Å². The molecule has 1 saturated carbocycles. The number of carbonyl (C=O) groups is 1. The van der Waals surface area contributed by atoms with Gasteiger partial charge in [0.1, 0.15) is 11.9 Å². The SMILES string of the molecule is COc1ccc([C@@H](O)C(=O)C2CCCC2)cc1. The number of methoxy groups -OCH3 is 1. The highest BCUT2D eigenvalue weighted by Crippen LogP contribution is 2.30. The van der Waals surface area contributed by atoms with Gasteiger partial charge < -0.3 is 9.84 Å². The summed E-state index contributed by atoms with van der Waals surface area (Å²) < 4.78 is 5.04. The molecule has 17 heavy (non-hydrogen) atoms. The van der Waals surface area contributed by atoms with Crippen molar-refractivity contribution < 1.29 is 14.6 Å². The molecule has 0 bridgehead atoms. The van der Waals surface area contributed by atoms with E-state index in [2.05, 4.69) is 0 Å². The number of ketones is 1. The zero-order chi connectivity index (χ0) is 12.3. The highest BCUT2D eigenvalue weighted by Gasteiger charge is 2.28. The predicted octanol–water partition coefficient (Wildman–Crippen LogP) is 2.49. The Morgan fingerprint density at radius 1 is 1.29 bits per heavy atom. The summed E-state index contributed by atoms with van der Waals surface area (Å²) in [5.74, 6) is 0.744. The summed E-state index contributed by atoms with van der Waals surface area (Å²) in [5, 5.41) is 10.0. The number of hydrogen-bond acceptors (Lipinski definition) is 3. The number of aliphatic hydroxyl groups excluding tert-OH is 1. The fourth-order valence-electron chi connectivity index (χ4n) is 2.38. The second-order valence-electron chi connectivity index (χ2n) is 4.56. The molecule has 92 valence electrons. The van der Waals surface area contributed by atoms with Gasteiger partial charge in [-0.2, -0.15) is 0 Å². The van der Waals surface area contributed by atoms with E-state index in [1.54, 1.807) is 31.4 Å². The summed E-state index contributed by atoms with van der Waals surface area (Å²) in [4.78, 5) is 12.0. The summed E-state index contributed by atoms with van der Waals surface area (Å²) in [6.07, 6.45) is 3.07. The Kier molecular flexibility index (Phi) is 3.79. The molecule has 3 heteroatoms. The highest BCUT2D eigenvalue weighted by molar-refractivity contribution is 5.86. The first-order valence-electron chi connectivity index (χ1n) is 6.08. The van der Waals surface area contributed by atoms with E-state index >= 15 is 0 Å². The average molecular weight is 234 g/mol. The minimum Gasteiger partial charge on any atom is -0.497 e. The minimum atomic E-state index is -0.982. The van der Waals surface area contributed by atoms with Crippen LogP contribution in [-0.2, 0) is 4.79 Å². The lowest BCUT2D eigenvalue weighted by Crippen LogP contribution is -2.19. The normalized spacial score (nSPS) is 18.0. The largest absolute Gasteiger partial charge is 0.497 e. The second-order valence-corrected chi connectivity index (χ2v) is 4.56. The maximum absolute atomic E-state index is 12.0. The van der Waals surface area contributed by atoms with Crippen LogP contribution in [0.5, 0.6) is 5.75 Å². The first kappa shape index (κ1) is 12.1. The summed E-state index contributed by atoms with van der Waals surface area (Å²) >= 11 is 0. The van der Waals surface area contributed by atoms with E-state index in [1.165, 1.54) is 0 Å². The van der Waals surface area contributed by atoms with Crippen molar-refractivity contribution in [2.24, 2.45) is 5.92 Å². The standard InChI is InChI=1S/C14H18O3/c1-17-12-8-6-11(7-9-12)14(16)13(15)10-4-2-3-5-10/h6-10,14,16H,2-5H2,1H3/t14-/m1/s1. The fraction of sp³-hybridized carbons (Fsp3) is 0.500. The predicted molar refractivity (Wildman–Crippen MR) is 64.9 cm³/mol. The molecule has 1 fully saturated rings. The first-order valence-corrected chi connectivity index (χ1v) is 6.08. The van der Waals surface area contributed by atoms with Gasteiger partial charge >= 0.3 is 0 Å². The molecule has 0 radical (unpaired) electrons. The number of ether oxygens (including phenoxy) is 1. The number of Topliss-reactive ketones (excluding diaryl/α,β-unsaturated/α-hetero) is 1. The molecule has 1 aromatic rings. The molecule has 0 unspecified atom stereocenters. The van der Waals surface area contributed by atoms with Gasteiger partial charge in [0, 0.05) is 5.92 Å². The lowest BCUT2D eigenvalue weighted by molar-refractivity contribution is -0.131. The van der Waals surface area contributed by atoms with Gasteiger partial charge in [-0.15, -0.1) is 0 Å². The van der Waals surface area contributed by atoms with Crippen LogP contribution in [0.25, 0.3) is 0 Å². The maximum atomic E-state index is 12.0. The van der Waals surface area contributed by atoms with Crippen molar-refractivity contribution in [2.75, 3.05) is 7.11 Å². The minimum absolute atomic E-state index is 0.0346. The van der Waals surface area contributed by atoms with E-state index in [0.29, 0.717) is 5.56 Å². The van der Waals surface area contributed by atoms with Gasteiger partial charge in [-0.05, 0) is 30.5 Å². The summed E-state index contributed by atoms with van der Waals surface area (Å²) in [6, 6.07) is 7.02. The summed E-state index contributed by atoms with van der Waals surface area (Å²) in [6.45, 7) is 0. The van der Waals surface area contributed by atoms with Crippen molar-refractivity contribution in [2.45, 2.75) is 31.8 Å². The Labute approximate surface area is 101 Å². The maximum Gasteiger partial charge on any atom is 0.168 e. The van der Waals surface area contributed by atoms with Gasteiger partial charge in [-0.1, -0.05) is 25.0 Å². The molecule has 0 heterocycles. The molecule has 3 nitrogen and oxygen atoms in total. The highest BCUT2D eigenvalue weighted by atomic mass is 16.5. The molecule has 2 rings (SSSR count). The molecule has 0 amide bonds. The molecular formula is C14H18O3. The van der Waals surface area contributed by atoms with Gasteiger partial charge in [-0.3, -0.25) is 4.79 Å². The Balaban J connectivity index is 2.07. The van der Waals surface area contributed by atoms with Crippen LogP contribution in [-0.4, -0.2) is 18.0 Å². The topological polar surface area (TPSA) is 46.5 Å². The Morgan fingerprint density at radius 3 is 2.41 bits per heavy atom. The quantitative estimate of drug-likeness (QED) is 0.870. The third-order valence-corrected chi connectivity index (χ3v) is 3.46. The van der Waals surface area contributed by atoms with Crippen LogP contribution in [0.3, 0.4) is 0 Å². The summed E-state index contributed by atoms with van der Waals surface area (Å²) in [7, 11) is 1.59. The number of hydrogen-bond donors (Lipinski definition) is 1. The van der Waals surface area contributed by atoms with Crippen LogP contribution in [0.2, 0.25) is 0 Å². The van der Waals surface area contributed by atoms with Crippen molar-refractivity contribution in [1.82, 2.24) is 0 Å². The zero-order valence-corrected chi connectivity index (χ0v) is 10.1. The van der Waals surface area contributed by atoms with E-state index in [1.807, 2.05) is 0 Å². The van der Waals surface area contributed by atoms with Crippen molar-refractivity contribution in [3.63, 3.8) is 0 Å². The molecule has 0 aromatic heterocycles. The Morgan fingerprint density at radius 2 is 1.88 bits per heavy atom. The van der Waals surface area contributed by atoms with Crippen LogP contribution in [0.4, 0.5) is 0 Å². The van der Waals surface area contributed by atoms with Crippen LogP contribution < -0.4 is 4.74 Å². The van der Waals surface area contributed by atoms with E-state index in [0.717, 1.165) is 31.4 Å². The average Bonchev–Trinajstić information content (AvgIpc) is 2.91. The lowest BCUT2D eigenvalue weighted by atomic mass is 9.94. The van der Waals surface area contributed by atoms with Gasteiger partial charge in [0.2, 0.25) is 0 Å². The van der Waals surface area contributed by atoms with Crippen molar-refractivity contribution >= 4 is 5.78 Å². The van der Waals surface area contributed by atoms with E-state index in [4.69, 9.17) is 4.74 Å². The third-order valence-electron chi connectivity index (χ3n) is 3.46. The number of rotatable bonds is 4. The smallest absolute Gasteiger partial charge is 0.168 e. The van der Waals surface area contributed by atoms with Crippen LogP contribution >= 0.6 is 0 Å². The Bertz CT molecular complexity index is 377. The molecule has 0 saturated heterocycles.